The minimum absolute atomic E-state index is 0.0853. The molecular weight excluding hydrogens is 192 g/mol. The van der Waals surface area contributed by atoms with Gasteiger partial charge in [-0.15, -0.1) is 0 Å². The van der Waals surface area contributed by atoms with Crippen molar-refractivity contribution in [3.05, 3.63) is 17.0 Å². The molecule has 0 heterocycles. The molecule has 1 fully saturated rings. The molecule has 4 heteroatoms. The molecule has 1 saturated carbocycles. The number of allylic oxidation sites excluding steroid dienone is 1. The number of azo groups is 1. The van der Waals surface area contributed by atoms with E-state index in [4.69, 9.17) is 0 Å². The van der Waals surface area contributed by atoms with Gasteiger partial charge in [-0.2, -0.15) is 0 Å². The molecule has 1 aliphatic rings. The van der Waals surface area contributed by atoms with Gasteiger partial charge in [0.2, 0.25) is 6.20 Å². The van der Waals surface area contributed by atoms with Gasteiger partial charge in [-0.25, -0.2) is 0 Å². The van der Waals surface area contributed by atoms with Crippen LogP contribution in [0.3, 0.4) is 0 Å². The van der Waals surface area contributed by atoms with Crippen molar-refractivity contribution in [2.75, 3.05) is 0 Å². The number of carbonyl (C=O) groups is 1. The van der Waals surface area contributed by atoms with Crippen molar-refractivity contribution in [1.29, 1.82) is 0 Å². The highest BCUT2D eigenvalue weighted by Gasteiger charge is 2.11. The highest BCUT2D eigenvalue weighted by molar-refractivity contribution is 5.80. The summed E-state index contributed by atoms with van der Waals surface area (Å²) < 4.78 is 0. The molecule has 0 aliphatic heterocycles. The summed E-state index contributed by atoms with van der Waals surface area (Å²) in [5.74, 6) is -0.0853. The van der Waals surface area contributed by atoms with Crippen LogP contribution in [0, 0.1) is 5.21 Å². The third-order valence-corrected chi connectivity index (χ3v) is 2.66. The van der Waals surface area contributed by atoms with Crippen molar-refractivity contribution in [2.45, 2.75) is 52.0 Å². The molecule has 4 nitrogen and oxygen atoms in total. The summed E-state index contributed by atoms with van der Waals surface area (Å²) in [6.07, 6.45) is 7.06. The minimum atomic E-state index is -0.539. The van der Waals surface area contributed by atoms with E-state index in [0.717, 1.165) is 31.3 Å². The van der Waals surface area contributed by atoms with Crippen LogP contribution in [0.5, 0.6) is 0 Å². The summed E-state index contributed by atoms with van der Waals surface area (Å²) >= 11 is 0. The monoisotopic (exact) mass is 210 g/mol. The number of hydrogen-bond donors (Lipinski definition) is 0. The number of ketones is 1. The van der Waals surface area contributed by atoms with Crippen LogP contribution in [-0.4, -0.2) is 16.7 Å². The number of Topliss-reactive ketones (excluding diaryl/α,β-unsaturated/α-hetero) is 1. The fourth-order valence-corrected chi connectivity index (χ4v) is 1.58. The Hall–Kier alpha value is -1.19. The van der Waals surface area contributed by atoms with Crippen molar-refractivity contribution in [1.82, 2.24) is 0 Å². The van der Waals surface area contributed by atoms with Crippen LogP contribution in [0.2, 0.25) is 0 Å². The molecule has 0 aromatic heterocycles. The molecule has 15 heavy (non-hydrogen) atoms. The zero-order valence-corrected chi connectivity index (χ0v) is 9.40. The molecule has 1 atom stereocenters. The Morgan fingerprint density at radius 3 is 2.60 bits per heavy atom. The smallest absolute Gasteiger partial charge is 0.208 e. The summed E-state index contributed by atoms with van der Waals surface area (Å²) in [5.41, 5.74) is 1.15. The van der Waals surface area contributed by atoms with Gasteiger partial charge in [-0.3, -0.25) is 4.79 Å². The predicted octanol–water partition coefficient (Wildman–Crippen LogP) is 2.77. The second-order valence-electron chi connectivity index (χ2n) is 4.05. The van der Waals surface area contributed by atoms with E-state index in [-0.39, 0.29) is 5.78 Å². The van der Waals surface area contributed by atoms with E-state index in [1.807, 2.05) is 0 Å². The van der Waals surface area contributed by atoms with Gasteiger partial charge < -0.3 is 5.21 Å². The maximum absolute atomic E-state index is 11.3. The largest absolute Gasteiger partial charge is 0.595 e. The lowest BCUT2D eigenvalue weighted by atomic mass is 9.96. The molecule has 84 valence electrons. The Morgan fingerprint density at radius 1 is 1.47 bits per heavy atom. The van der Waals surface area contributed by atoms with Crippen molar-refractivity contribution in [3.63, 3.8) is 0 Å². The standard InChI is InChI=1S/C11H18N2O2/c1-9(10(2)14)12-13(15)8-11-6-4-3-5-7-11/h8-9H,3-7H2,1-2H3. The average molecular weight is 210 g/mol. The average Bonchev–Trinajstić information content (AvgIpc) is 2.18. The fraction of sp³-hybridized carbons (Fsp3) is 0.727. The van der Waals surface area contributed by atoms with Gasteiger partial charge >= 0.3 is 0 Å². The maximum atomic E-state index is 11.3. The highest BCUT2D eigenvalue weighted by atomic mass is 16.5. The van der Waals surface area contributed by atoms with Crippen molar-refractivity contribution in [3.8, 4) is 0 Å². The molecule has 0 bridgehead atoms. The molecule has 0 spiro atoms. The van der Waals surface area contributed by atoms with Crippen LogP contribution >= 0.6 is 0 Å². The number of rotatable bonds is 3. The van der Waals surface area contributed by atoms with Crippen LogP contribution in [0.4, 0.5) is 0 Å². The van der Waals surface area contributed by atoms with Gasteiger partial charge in [0.1, 0.15) is 0 Å². The minimum Gasteiger partial charge on any atom is -0.595 e. The first-order valence-corrected chi connectivity index (χ1v) is 5.46. The molecule has 1 rings (SSSR count). The van der Waals surface area contributed by atoms with E-state index < -0.39 is 6.04 Å². The summed E-state index contributed by atoms with van der Waals surface area (Å²) in [7, 11) is 0. The lowest BCUT2D eigenvalue weighted by Gasteiger charge is -2.11. The topological polar surface area (TPSA) is 55.5 Å². The quantitative estimate of drug-likeness (QED) is 0.408. The van der Waals surface area contributed by atoms with Gasteiger partial charge in [-0.05, 0) is 50.2 Å². The number of carbonyl (C=O) groups excluding carboxylic acids is 1. The van der Waals surface area contributed by atoms with Crippen LogP contribution < -0.4 is 0 Å². The molecule has 1 aliphatic carbocycles. The van der Waals surface area contributed by atoms with E-state index in [1.54, 1.807) is 6.92 Å². The van der Waals surface area contributed by atoms with Crippen molar-refractivity contribution in [2.24, 2.45) is 5.11 Å². The lowest BCUT2D eigenvalue weighted by Crippen LogP contribution is -2.12. The summed E-state index contributed by atoms with van der Waals surface area (Å²) in [4.78, 5) is 11.4. The lowest BCUT2D eigenvalue weighted by molar-refractivity contribution is -0.462. The molecule has 0 amide bonds. The van der Waals surface area contributed by atoms with Crippen LogP contribution in [0.25, 0.3) is 0 Å². The van der Waals surface area contributed by atoms with E-state index in [2.05, 4.69) is 5.11 Å². The normalized spacial score (nSPS) is 19.9. The second-order valence-corrected chi connectivity index (χ2v) is 4.05. The zero-order chi connectivity index (χ0) is 11.3. The first-order valence-electron chi connectivity index (χ1n) is 5.46. The first kappa shape index (κ1) is 11.9. The number of nitrogens with zero attached hydrogens (tertiary/aromatic N) is 2. The SMILES string of the molecule is CC(=O)C(C)N=[N+]([O-])C=C1CCCCC1. The molecule has 0 radical (unpaired) electrons. The Morgan fingerprint density at radius 2 is 2.07 bits per heavy atom. The number of hydroxylamine groups is 1. The van der Waals surface area contributed by atoms with Gasteiger partial charge in [0.05, 0.1) is 0 Å². The molecule has 0 saturated heterocycles. The Labute approximate surface area is 90.3 Å². The van der Waals surface area contributed by atoms with Gasteiger partial charge in [0.15, 0.2) is 11.8 Å². The third kappa shape index (κ3) is 4.23. The van der Waals surface area contributed by atoms with Crippen LogP contribution in [0.15, 0.2) is 16.9 Å². The van der Waals surface area contributed by atoms with E-state index in [0.29, 0.717) is 4.86 Å². The molecule has 0 aromatic carbocycles. The Bertz CT molecular complexity index is 287. The maximum Gasteiger partial charge on any atom is 0.208 e. The summed E-state index contributed by atoms with van der Waals surface area (Å²) in [6.45, 7) is 3.07. The second kappa shape index (κ2) is 5.63. The summed E-state index contributed by atoms with van der Waals surface area (Å²) in [5, 5.41) is 15.1. The van der Waals surface area contributed by atoms with E-state index >= 15 is 0 Å². The van der Waals surface area contributed by atoms with E-state index in [1.165, 1.54) is 19.5 Å². The van der Waals surface area contributed by atoms with Gasteiger partial charge in [0, 0.05) is 0 Å². The molecule has 1 unspecified atom stereocenters. The summed E-state index contributed by atoms with van der Waals surface area (Å²) in [6, 6.07) is -0.539. The van der Waals surface area contributed by atoms with Crippen molar-refractivity contribution < 1.29 is 9.66 Å². The van der Waals surface area contributed by atoms with Crippen LogP contribution in [0.1, 0.15) is 46.0 Å². The molecular formula is C11H18N2O2. The zero-order valence-electron chi connectivity index (χ0n) is 9.40. The molecule has 0 N–H and O–H groups in total. The molecule has 0 aromatic rings. The predicted molar refractivity (Wildman–Crippen MR) is 57.4 cm³/mol. The van der Waals surface area contributed by atoms with E-state index in [9.17, 15) is 10.0 Å². The first-order chi connectivity index (χ1) is 7.09. The Kier molecular flexibility index (Phi) is 4.46. The highest BCUT2D eigenvalue weighted by Crippen LogP contribution is 2.22. The fourth-order valence-electron chi connectivity index (χ4n) is 1.58. The van der Waals surface area contributed by atoms with Gasteiger partial charge in [0.25, 0.3) is 0 Å². The third-order valence-electron chi connectivity index (χ3n) is 2.66. The van der Waals surface area contributed by atoms with Crippen molar-refractivity contribution >= 4 is 5.78 Å². The Balaban J connectivity index is 2.59. The number of hydrogen-bond acceptors (Lipinski definition) is 3. The van der Waals surface area contributed by atoms with Crippen LogP contribution in [-0.2, 0) is 4.79 Å². The van der Waals surface area contributed by atoms with Gasteiger partial charge in [-0.1, -0.05) is 11.3 Å².